The first-order valence-corrected chi connectivity index (χ1v) is 7.40. The van der Waals surface area contributed by atoms with Gasteiger partial charge < -0.3 is 9.80 Å². The highest BCUT2D eigenvalue weighted by Crippen LogP contribution is 2.17. The minimum absolute atomic E-state index is 0.849. The second-order valence-corrected chi connectivity index (χ2v) is 6.33. The highest BCUT2D eigenvalue weighted by molar-refractivity contribution is 9.10. The van der Waals surface area contributed by atoms with Gasteiger partial charge in [-0.25, -0.2) is 0 Å². The number of rotatable bonds is 4. The fraction of sp³-hybridized carbons (Fsp3) is 0.643. The van der Waals surface area contributed by atoms with Crippen LogP contribution in [0.2, 0.25) is 0 Å². The van der Waals surface area contributed by atoms with Crippen LogP contribution in [0, 0.1) is 5.92 Å². The topological polar surface area (TPSA) is 19.4 Å². The maximum atomic E-state index is 4.43. The molecule has 1 fully saturated rings. The van der Waals surface area contributed by atoms with E-state index < -0.39 is 0 Å². The normalized spacial score (nSPS) is 18.4. The lowest BCUT2D eigenvalue weighted by Gasteiger charge is -2.31. The zero-order chi connectivity index (χ0) is 13.0. The molecule has 2 heterocycles. The summed E-state index contributed by atoms with van der Waals surface area (Å²) in [5.41, 5.74) is 1.15. The summed E-state index contributed by atoms with van der Waals surface area (Å²) in [4.78, 5) is 9.25. The van der Waals surface area contributed by atoms with E-state index in [1.165, 1.54) is 32.5 Å². The van der Waals surface area contributed by atoms with E-state index in [4.69, 9.17) is 0 Å². The summed E-state index contributed by atoms with van der Waals surface area (Å²) in [7, 11) is 4.41. The van der Waals surface area contributed by atoms with E-state index in [1.807, 2.05) is 6.20 Å². The third kappa shape index (κ3) is 4.34. The molecule has 100 valence electrons. The van der Waals surface area contributed by atoms with Gasteiger partial charge in [0, 0.05) is 23.8 Å². The predicted octanol–water partition coefficient (Wildman–Crippen LogP) is 2.62. The average Bonchev–Trinajstić information content (AvgIpc) is 2.35. The molecule has 1 saturated heterocycles. The molecule has 0 saturated carbocycles. The van der Waals surface area contributed by atoms with Gasteiger partial charge in [-0.15, -0.1) is 0 Å². The summed E-state index contributed by atoms with van der Waals surface area (Å²) in [5, 5.41) is 0. The van der Waals surface area contributed by atoms with E-state index in [-0.39, 0.29) is 0 Å². The van der Waals surface area contributed by atoms with Crippen molar-refractivity contribution in [3.05, 3.63) is 28.5 Å². The second-order valence-electron chi connectivity index (χ2n) is 5.41. The van der Waals surface area contributed by atoms with Gasteiger partial charge in [-0.1, -0.05) is 0 Å². The first kappa shape index (κ1) is 14.0. The Hall–Kier alpha value is -0.450. The van der Waals surface area contributed by atoms with Crippen molar-refractivity contribution in [3.8, 4) is 0 Å². The number of aromatic nitrogens is 1. The predicted molar refractivity (Wildman–Crippen MR) is 78.5 cm³/mol. The minimum Gasteiger partial charge on any atom is -0.306 e. The second kappa shape index (κ2) is 6.64. The first-order valence-electron chi connectivity index (χ1n) is 6.61. The Kier molecular flexibility index (Phi) is 5.15. The van der Waals surface area contributed by atoms with E-state index >= 15 is 0 Å². The molecule has 0 amide bonds. The SMILES string of the molecule is CN1CCC(CN(C)Cc2ccc(Br)cn2)CC1. The van der Waals surface area contributed by atoms with Crippen molar-refractivity contribution in [1.29, 1.82) is 0 Å². The van der Waals surface area contributed by atoms with Crippen LogP contribution in [0.4, 0.5) is 0 Å². The Bertz CT molecular complexity index is 358. The van der Waals surface area contributed by atoms with Crippen LogP contribution in [0.5, 0.6) is 0 Å². The molecule has 3 nitrogen and oxygen atoms in total. The van der Waals surface area contributed by atoms with Crippen molar-refractivity contribution in [2.75, 3.05) is 33.7 Å². The highest BCUT2D eigenvalue weighted by Gasteiger charge is 2.18. The van der Waals surface area contributed by atoms with Crippen LogP contribution in [-0.2, 0) is 6.54 Å². The summed E-state index contributed by atoms with van der Waals surface area (Å²) in [6.45, 7) is 4.62. The average molecular weight is 312 g/mol. The van der Waals surface area contributed by atoms with E-state index in [2.05, 4.69) is 56.9 Å². The lowest BCUT2D eigenvalue weighted by atomic mass is 9.96. The van der Waals surface area contributed by atoms with Crippen molar-refractivity contribution < 1.29 is 0 Å². The molecule has 0 aliphatic carbocycles. The fourth-order valence-electron chi connectivity index (χ4n) is 2.53. The van der Waals surface area contributed by atoms with Crippen LogP contribution in [0.3, 0.4) is 0 Å². The Morgan fingerprint density at radius 1 is 1.39 bits per heavy atom. The molecular formula is C14H22BrN3. The van der Waals surface area contributed by atoms with Crippen molar-refractivity contribution in [3.63, 3.8) is 0 Å². The lowest BCUT2D eigenvalue weighted by molar-refractivity contribution is 0.172. The van der Waals surface area contributed by atoms with Gasteiger partial charge in [0.1, 0.15) is 0 Å². The van der Waals surface area contributed by atoms with Gasteiger partial charge in [-0.2, -0.15) is 0 Å². The van der Waals surface area contributed by atoms with E-state index in [9.17, 15) is 0 Å². The number of nitrogens with zero attached hydrogens (tertiary/aromatic N) is 3. The lowest BCUT2D eigenvalue weighted by Crippen LogP contribution is -2.35. The van der Waals surface area contributed by atoms with Gasteiger partial charge in [-0.3, -0.25) is 4.98 Å². The Balaban J connectivity index is 1.78. The molecule has 0 atom stereocenters. The highest BCUT2D eigenvalue weighted by atomic mass is 79.9. The maximum Gasteiger partial charge on any atom is 0.0544 e. The molecular weight excluding hydrogens is 290 g/mol. The van der Waals surface area contributed by atoms with Crippen LogP contribution in [0.25, 0.3) is 0 Å². The zero-order valence-corrected chi connectivity index (χ0v) is 12.9. The fourth-order valence-corrected chi connectivity index (χ4v) is 2.76. The van der Waals surface area contributed by atoms with Gasteiger partial charge in [-0.05, 0) is 74.0 Å². The molecule has 0 radical (unpaired) electrons. The molecule has 0 unspecified atom stereocenters. The maximum absolute atomic E-state index is 4.43. The Labute approximate surface area is 118 Å². The third-order valence-electron chi connectivity index (χ3n) is 3.63. The molecule has 4 heteroatoms. The molecule has 1 aromatic heterocycles. The van der Waals surface area contributed by atoms with Crippen LogP contribution >= 0.6 is 15.9 Å². The van der Waals surface area contributed by atoms with Crippen LogP contribution in [0.1, 0.15) is 18.5 Å². The monoisotopic (exact) mass is 311 g/mol. The van der Waals surface area contributed by atoms with Crippen molar-refractivity contribution >= 4 is 15.9 Å². The molecule has 18 heavy (non-hydrogen) atoms. The molecule has 2 rings (SSSR count). The number of likely N-dealkylation sites (tertiary alicyclic amines) is 1. The smallest absolute Gasteiger partial charge is 0.0544 e. The molecule has 1 aliphatic heterocycles. The van der Waals surface area contributed by atoms with Gasteiger partial charge in [0.15, 0.2) is 0 Å². The third-order valence-corrected chi connectivity index (χ3v) is 4.10. The quantitative estimate of drug-likeness (QED) is 0.852. The Morgan fingerprint density at radius 2 is 2.11 bits per heavy atom. The van der Waals surface area contributed by atoms with Gasteiger partial charge in [0.25, 0.3) is 0 Å². The number of piperidine rings is 1. The zero-order valence-electron chi connectivity index (χ0n) is 11.3. The van der Waals surface area contributed by atoms with Gasteiger partial charge in [0.2, 0.25) is 0 Å². The van der Waals surface area contributed by atoms with Crippen molar-refractivity contribution in [2.24, 2.45) is 5.92 Å². The summed E-state index contributed by atoms with van der Waals surface area (Å²) < 4.78 is 1.05. The van der Waals surface area contributed by atoms with Gasteiger partial charge in [0.05, 0.1) is 5.69 Å². The molecule has 0 bridgehead atoms. The number of hydrogen-bond donors (Lipinski definition) is 0. The van der Waals surface area contributed by atoms with Crippen molar-refractivity contribution in [1.82, 2.24) is 14.8 Å². The van der Waals surface area contributed by atoms with Crippen LogP contribution in [-0.4, -0.2) is 48.5 Å². The van der Waals surface area contributed by atoms with E-state index in [0.29, 0.717) is 0 Å². The molecule has 0 N–H and O–H groups in total. The van der Waals surface area contributed by atoms with Crippen LogP contribution < -0.4 is 0 Å². The minimum atomic E-state index is 0.849. The first-order chi connectivity index (χ1) is 8.63. The van der Waals surface area contributed by atoms with Crippen molar-refractivity contribution in [2.45, 2.75) is 19.4 Å². The molecule has 1 aromatic rings. The van der Waals surface area contributed by atoms with E-state index in [0.717, 1.165) is 22.6 Å². The largest absolute Gasteiger partial charge is 0.306 e. The molecule has 1 aliphatic rings. The molecule has 0 aromatic carbocycles. The summed E-state index contributed by atoms with van der Waals surface area (Å²) in [5.74, 6) is 0.849. The van der Waals surface area contributed by atoms with Crippen LogP contribution in [0.15, 0.2) is 22.8 Å². The van der Waals surface area contributed by atoms with Gasteiger partial charge >= 0.3 is 0 Å². The summed E-state index contributed by atoms with van der Waals surface area (Å²) >= 11 is 3.42. The number of hydrogen-bond acceptors (Lipinski definition) is 3. The number of pyridine rings is 1. The van der Waals surface area contributed by atoms with E-state index in [1.54, 1.807) is 0 Å². The standard InChI is InChI=1S/C14H22BrN3/c1-17-7-5-12(6-8-17)10-18(2)11-14-4-3-13(15)9-16-14/h3-4,9,12H,5-8,10-11H2,1-2H3. The summed E-state index contributed by atoms with van der Waals surface area (Å²) in [6, 6.07) is 4.15. The summed E-state index contributed by atoms with van der Waals surface area (Å²) in [6.07, 6.45) is 4.53. The molecule has 0 spiro atoms. The number of halogens is 1. The Morgan fingerprint density at radius 3 is 2.72 bits per heavy atom.